The zero-order valence-corrected chi connectivity index (χ0v) is 10.6. The number of rotatable bonds is 3. The van der Waals surface area contributed by atoms with Crippen LogP contribution in [0, 0.1) is 5.82 Å². The Hall–Kier alpha value is -0.570. The number of halogens is 3. The van der Waals surface area contributed by atoms with Gasteiger partial charge in [0.25, 0.3) is 0 Å². The molecule has 16 heavy (non-hydrogen) atoms. The molecule has 0 spiro atoms. The van der Waals surface area contributed by atoms with Gasteiger partial charge >= 0.3 is 0 Å². The lowest BCUT2D eigenvalue weighted by atomic mass is 10.1. The number of thiophene rings is 1. The summed E-state index contributed by atoms with van der Waals surface area (Å²) in [5, 5.41) is 3.85. The first-order valence-electron chi connectivity index (χ1n) is 4.77. The molecule has 1 aromatic heterocycles. The van der Waals surface area contributed by atoms with Gasteiger partial charge in [-0.2, -0.15) is 11.3 Å². The van der Waals surface area contributed by atoms with Gasteiger partial charge in [-0.3, -0.25) is 0 Å². The van der Waals surface area contributed by atoms with Crippen LogP contribution in [0.5, 0.6) is 0 Å². The van der Waals surface area contributed by atoms with E-state index in [1.54, 1.807) is 23.5 Å². The molecular formula is C12H9Cl2FS. The molecule has 0 amide bonds. The first-order chi connectivity index (χ1) is 7.68. The Morgan fingerprint density at radius 2 is 2.12 bits per heavy atom. The lowest BCUT2D eigenvalue weighted by Crippen LogP contribution is -1.97. The van der Waals surface area contributed by atoms with Gasteiger partial charge in [-0.05, 0) is 40.4 Å². The van der Waals surface area contributed by atoms with Crippen molar-refractivity contribution in [2.75, 3.05) is 0 Å². The van der Waals surface area contributed by atoms with E-state index in [1.165, 1.54) is 6.07 Å². The van der Waals surface area contributed by atoms with Crippen LogP contribution in [-0.2, 0) is 6.42 Å². The predicted molar refractivity (Wildman–Crippen MR) is 68.0 cm³/mol. The minimum atomic E-state index is -0.421. The topological polar surface area (TPSA) is 0 Å². The predicted octanol–water partition coefficient (Wildman–Crippen LogP) is 5.06. The van der Waals surface area contributed by atoms with Gasteiger partial charge in [0.05, 0.1) is 10.4 Å². The summed E-state index contributed by atoms with van der Waals surface area (Å²) in [7, 11) is 0. The third-order valence-corrected chi connectivity index (χ3v) is 3.83. The Morgan fingerprint density at radius 3 is 2.81 bits per heavy atom. The highest BCUT2D eigenvalue weighted by Gasteiger charge is 2.15. The minimum absolute atomic E-state index is 0.123. The molecule has 2 rings (SSSR count). The zero-order valence-electron chi connectivity index (χ0n) is 8.29. The largest absolute Gasteiger partial charge is 0.205 e. The number of benzene rings is 1. The van der Waals surface area contributed by atoms with Gasteiger partial charge in [0, 0.05) is 0 Å². The molecule has 2 aromatic rings. The van der Waals surface area contributed by atoms with Crippen LogP contribution in [0.4, 0.5) is 4.39 Å². The summed E-state index contributed by atoms with van der Waals surface area (Å²) < 4.78 is 13.2. The first kappa shape index (κ1) is 11.9. The number of hydrogen-bond donors (Lipinski definition) is 0. The van der Waals surface area contributed by atoms with Crippen LogP contribution < -0.4 is 0 Å². The Kier molecular flexibility index (Phi) is 3.85. The maximum Gasteiger partial charge on any atom is 0.142 e. The lowest BCUT2D eigenvalue weighted by molar-refractivity contribution is 0.625. The minimum Gasteiger partial charge on any atom is -0.205 e. The van der Waals surface area contributed by atoms with E-state index in [0.717, 1.165) is 5.56 Å². The van der Waals surface area contributed by atoms with E-state index in [0.29, 0.717) is 12.0 Å². The second kappa shape index (κ2) is 5.17. The smallest absolute Gasteiger partial charge is 0.142 e. The fourth-order valence-electron chi connectivity index (χ4n) is 1.49. The van der Waals surface area contributed by atoms with Crippen molar-refractivity contribution in [2.45, 2.75) is 11.8 Å². The van der Waals surface area contributed by atoms with E-state index in [4.69, 9.17) is 23.2 Å². The average Bonchev–Trinajstić information content (AvgIpc) is 2.74. The van der Waals surface area contributed by atoms with Crippen LogP contribution >= 0.6 is 34.5 Å². The zero-order chi connectivity index (χ0) is 11.5. The molecule has 0 saturated heterocycles. The quantitative estimate of drug-likeness (QED) is 0.686. The molecule has 84 valence electrons. The van der Waals surface area contributed by atoms with Crippen molar-refractivity contribution in [2.24, 2.45) is 0 Å². The average molecular weight is 275 g/mol. The van der Waals surface area contributed by atoms with Crippen molar-refractivity contribution < 1.29 is 4.39 Å². The molecule has 0 aliphatic rings. The summed E-state index contributed by atoms with van der Waals surface area (Å²) in [6.07, 6.45) is 0.661. The molecule has 0 N–H and O–H groups in total. The van der Waals surface area contributed by atoms with Crippen LogP contribution in [-0.4, -0.2) is 0 Å². The highest BCUT2D eigenvalue weighted by Crippen LogP contribution is 2.32. The summed E-state index contributed by atoms with van der Waals surface area (Å²) in [5.41, 5.74) is 1.79. The van der Waals surface area contributed by atoms with Gasteiger partial charge in [0.15, 0.2) is 0 Å². The third kappa shape index (κ3) is 2.57. The molecule has 1 heterocycles. The number of hydrogen-bond acceptors (Lipinski definition) is 1. The van der Waals surface area contributed by atoms with E-state index in [-0.39, 0.29) is 10.4 Å². The SMILES string of the molecule is Fc1cccc(C(Cl)Cc2ccsc2)c1Cl. The standard InChI is InChI=1S/C12H9Cl2FS/c13-10(6-8-4-5-16-7-8)9-2-1-3-11(15)12(9)14/h1-5,7,10H,6H2. The summed E-state index contributed by atoms with van der Waals surface area (Å²) in [4.78, 5) is 0. The number of alkyl halides is 1. The molecule has 1 aromatic carbocycles. The van der Waals surface area contributed by atoms with E-state index in [1.807, 2.05) is 16.8 Å². The third-order valence-electron chi connectivity index (χ3n) is 2.31. The fraction of sp³-hybridized carbons (Fsp3) is 0.167. The summed E-state index contributed by atoms with van der Waals surface area (Å²) >= 11 is 13.7. The van der Waals surface area contributed by atoms with Gasteiger partial charge in [0.1, 0.15) is 5.82 Å². The first-order valence-corrected chi connectivity index (χ1v) is 6.53. The Balaban J connectivity index is 2.21. The van der Waals surface area contributed by atoms with Gasteiger partial charge in [0.2, 0.25) is 0 Å². The molecular weight excluding hydrogens is 266 g/mol. The van der Waals surface area contributed by atoms with Gasteiger partial charge in [-0.25, -0.2) is 4.39 Å². The molecule has 1 unspecified atom stereocenters. The van der Waals surface area contributed by atoms with Crippen LogP contribution in [0.15, 0.2) is 35.0 Å². The van der Waals surface area contributed by atoms with Gasteiger partial charge in [-0.1, -0.05) is 23.7 Å². The van der Waals surface area contributed by atoms with Crippen molar-refractivity contribution in [1.29, 1.82) is 0 Å². The highest BCUT2D eigenvalue weighted by atomic mass is 35.5. The van der Waals surface area contributed by atoms with Gasteiger partial charge in [-0.15, -0.1) is 11.6 Å². The van der Waals surface area contributed by atoms with Crippen molar-refractivity contribution in [3.63, 3.8) is 0 Å². The van der Waals surface area contributed by atoms with Crippen LogP contribution in [0.2, 0.25) is 5.02 Å². The molecule has 0 bridgehead atoms. The molecule has 0 fully saturated rings. The second-order valence-electron chi connectivity index (χ2n) is 3.45. The van der Waals surface area contributed by atoms with E-state index in [9.17, 15) is 4.39 Å². The van der Waals surface area contributed by atoms with Crippen molar-refractivity contribution in [1.82, 2.24) is 0 Å². The van der Waals surface area contributed by atoms with Crippen LogP contribution in [0.25, 0.3) is 0 Å². The van der Waals surface area contributed by atoms with Crippen LogP contribution in [0.3, 0.4) is 0 Å². The second-order valence-corrected chi connectivity index (χ2v) is 5.13. The molecule has 0 radical (unpaired) electrons. The van der Waals surface area contributed by atoms with Crippen LogP contribution in [0.1, 0.15) is 16.5 Å². The molecule has 0 aliphatic carbocycles. The summed E-state index contributed by atoms with van der Waals surface area (Å²) in [5.74, 6) is -0.421. The lowest BCUT2D eigenvalue weighted by Gasteiger charge is -2.11. The Morgan fingerprint density at radius 1 is 1.31 bits per heavy atom. The Bertz CT molecular complexity index is 468. The molecule has 4 heteroatoms. The molecule has 0 saturated carbocycles. The van der Waals surface area contributed by atoms with Crippen molar-refractivity contribution in [3.05, 3.63) is 57.0 Å². The highest BCUT2D eigenvalue weighted by molar-refractivity contribution is 7.07. The molecule has 0 aliphatic heterocycles. The molecule has 0 nitrogen and oxygen atoms in total. The van der Waals surface area contributed by atoms with Crippen molar-refractivity contribution >= 4 is 34.5 Å². The van der Waals surface area contributed by atoms with E-state index in [2.05, 4.69) is 0 Å². The maximum atomic E-state index is 13.2. The fourth-order valence-corrected chi connectivity index (χ4v) is 2.84. The summed E-state index contributed by atoms with van der Waals surface area (Å²) in [6.45, 7) is 0. The van der Waals surface area contributed by atoms with Crippen molar-refractivity contribution in [3.8, 4) is 0 Å². The normalized spacial score (nSPS) is 12.7. The van der Waals surface area contributed by atoms with Gasteiger partial charge < -0.3 is 0 Å². The van der Waals surface area contributed by atoms with E-state index < -0.39 is 5.82 Å². The Labute approximate surface area is 108 Å². The van der Waals surface area contributed by atoms with E-state index >= 15 is 0 Å². The summed E-state index contributed by atoms with van der Waals surface area (Å²) in [6, 6.07) is 6.72. The molecule has 1 atom stereocenters. The maximum absolute atomic E-state index is 13.2. The monoisotopic (exact) mass is 274 g/mol.